The van der Waals surface area contributed by atoms with Crippen LogP contribution in [0.4, 0.5) is 5.69 Å². The van der Waals surface area contributed by atoms with E-state index in [1.807, 2.05) is 18.2 Å². The number of hydrogen-bond donors (Lipinski definition) is 2. The Kier molecular flexibility index (Phi) is 7.81. The van der Waals surface area contributed by atoms with E-state index in [1.54, 1.807) is 54.6 Å². The third-order valence-electron chi connectivity index (χ3n) is 4.59. The van der Waals surface area contributed by atoms with Gasteiger partial charge >= 0.3 is 0 Å². The van der Waals surface area contributed by atoms with Gasteiger partial charge in [0.15, 0.2) is 0 Å². The standard InChI is InChI=1S/C15H10N2O2.C9H6Cl3NO/c16-9-10-4-3-5-11(8-10)14-15(18)17-12-6-1-2-7-13(12)19-14;10-9(11,12)8(14)7-3-1-2-6(4-7)5-13/h1-8,14H,(H,17,18);1-4,8,14H. The number of carbonyl (C=O) groups excluding carboxylic acids is 1. The number of halogens is 3. The predicted molar refractivity (Wildman–Crippen MR) is 126 cm³/mol. The molecule has 166 valence electrons. The Hall–Kier alpha value is -3.26. The lowest BCUT2D eigenvalue weighted by Crippen LogP contribution is -2.30. The first kappa shape index (κ1) is 24.4. The van der Waals surface area contributed by atoms with E-state index < -0.39 is 16.0 Å². The Morgan fingerprint density at radius 1 is 0.939 bits per heavy atom. The second-order valence-corrected chi connectivity index (χ2v) is 9.27. The normalized spacial score (nSPS) is 15.3. The van der Waals surface area contributed by atoms with Crippen molar-refractivity contribution in [3.05, 3.63) is 95.1 Å². The summed E-state index contributed by atoms with van der Waals surface area (Å²) in [6.07, 6.45) is -1.95. The van der Waals surface area contributed by atoms with E-state index in [-0.39, 0.29) is 5.91 Å². The topological polar surface area (TPSA) is 106 Å². The average molecular weight is 501 g/mol. The number of para-hydroxylation sites is 2. The van der Waals surface area contributed by atoms with Crippen LogP contribution in [-0.2, 0) is 4.79 Å². The number of fused-ring (bicyclic) bond motifs is 1. The van der Waals surface area contributed by atoms with E-state index in [1.165, 1.54) is 6.07 Å². The van der Waals surface area contributed by atoms with Crippen LogP contribution in [0.25, 0.3) is 0 Å². The molecule has 1 aliphatic rings. The molecule has 0 radical (unpaired) electrons. The van der Waals surface area contributed by atoms with Crippen molar-refractivity contribution in [1.82, 2.24) is 0 Å². The lowest BCUT2D eigenvalue weighted by atomic mass is 10.0. The third-order valence-corrected chi connectivity index (χ3v) is 5.21. The number of anilines is 1. The number of nitrogens with zero attached hydrogens (tertiary/aromatic N) is 2. The van der Waals surface area contributed by atoms with Crippen LogP contribution in [0.2, 0.25) is 0 Å². The lowest BCUT2D eigenvalue weighted by Gasteiger charge is -2.26. The molecule has 9 heteroatoms. The van der Waals surface area contributed by atoms with Crippen LogP contribution in [0, 0.1) is 22.7 Å². The fourth-order valence-corrected chi connectivity index (χ4v) is 3.39. The van der Waals surface area contributed by atoms with Crippen molar-refractivity contribution in [1.29, 1.82) is 10.5 Å². The van der Waals surface area contributed by atoms with Crippen LogP contribution in [0.1, 0.15) is 34.5 Å². The summed E-state index contributed by atoms with van der Waals surface area (Å²) in [5, 5.41) is 29.9. The van der Waals surface area contributed by atoms with Crippen LogP contribution in [0.3, 0.4) is 0 Å². The van der Waals surface area contributed by atoms with Gasteiger partial charge in [0.05, 0.1) is 29.0 Å². The first-order valence-electron chi connectivity index (χ1n) is 9.54. The van der Waals surface area contributed by atoms with Crippen molar-refractivity contribution in [2.75, 3.05) is 5.32 Å². The number of aliphatic hydroxyl groups excluding tert-OH is 1. The Morgan fingerprint density at radius 3 is 2.24 bits per heavy atom. The molecule has 0 saturated heterocycles. The van der Waals surface area contributed by atoms with Crippen LogP contribution < -0.4 is 10.1 Å². The molecule has 2 unspecified atom stereocenters. The van der Waals surface area contributed by atoms with E-state index in [0.29, 0.717) is 33.7 Å². The molecule has 0 aromatic heterocycles. The molecule has 0 fully saturated rings. The highest BCUT2D eigenvalue weighted by molar-refractivity contribution is 6.68. The fraction of sp³-hybridized carbons (Fsp3) is 0.125. The summed E-state index contributed by atoms with van der Waals surface area (Å²) in [6, 6.07) is 24.4. The number of aliphatic hydroxyl groups is 1. The van der Waals surface area contributed by atoms with Crippen molar-refractivity contribution in [2.24, 2.45) is 0 Å². The number of rotatable bonds is 2. The van der Waals surface area contributed by atoms with Crippen LogP contribution >= 0.6 is 34.8 Å². The molecule has 3 aromatic rings. The van der Waals surface area contributed by atoms with Crippen molar-refractivity contribution >= 4 is 46.4 Å². The summed E-state index contributed by atoms with van der Waals surface area (Å²) in [5.41, 5.74) is 2.67. The molecule has 2 N–H and O–H groups in total. The number of nitrogens with one attached hydrogen (secondary N) is 1. The zero-order valence-electron chi connectivity index (χ0n) is 16.9. The highest BCUT2D eigenvalue weighted by Gasteiger charge is 2.32. The van der Waals surface area contributed by atoms with E-state index >= 15 is 0 Å². The van der Waals surface area contributed by atoms with E-state index in [2.05, 4.69) is 11.4 Å². The Labute approximate surface area is 205 Å². The van der Waals surface area contributed by atoms with Crippen LogP contribution in [0.15, 0.2) is 72.8 Å². The average Bonchev–Trinajstić information content (AvgIpc) is 2.83. The number of benzene rings is 3. The molecular weight excluding hydrogens is 485 g/mol. The third kappa shape index (κ3) is 6.16. The summed E-state index contributed by atoms with van der Waals surface area (Å²) >= 11 is 16.5. The summed E-state index contributed by atoms with van der Waals surface area (Å²) < 4.78 is 3.92. The minimum atomic E-state index is -1.78. The maximum atomic E-state index is 12.0. The highest BCUT2D eigenvalue weighted by atomic mass is 35.6. The zero-order valence-corrected chi connectivity index (χ0v) is 19.1. The van der Waals surface area contributed by atoms with Gasteiger partial charge in [0, 0.05) is 5.56 Å². The second-order valence-electron chi connectivity index (χ2n) is 6.90. The minimum Gasteiger partial charge on any atom is -0.474 e. The first-order chi connectivity index (χ1) is 15.7. The lowest BCUT2D eigenvalue weighted by molar-refractivity contribution is -0.123. The van der Waals surface area contributed by atoms with Crippen LogP contribution in [-0.4, -0.2) is 14.8 Å². The molecule has 0 aliphatic carbocycles. The van der Waals surface area contributed by atoms with Crippen molar-refractivity contribution < 1.29 is 14.6 Å². The molecule has 0 spiro atoms. The number of alkyl halides is 3. The molecule has 6 nitrogen and oxygen atoms in total. The molecule has 3 aromatic carbocycles. The quantitative estimate of drug-likeness (QED) is 0.446. The Balaban J connectivity index is 0.000000196. The van der Waals surface area contributed by atoms with Crippen molar-refractivity contribution in [2.45, 2.75) is 16.0 Å². The number of ether oxygens (including phenoxy) is 1. The zero-order chi connectivity index (χ0) is 24.0. The number of carbonyl (C=O) groups is 1. The number of nitriles is 2. The molecule has 1 amide bonds. The van der Waals surface area contributed by atoms with Gasteiger partial charge in [0.1, 0.15) is 11.9 Å². The van der Waals surface area contributed by atoms with E-state index in [4.69, 9.17) is 50.1 Å². The van der Waals surface area contributed by atoms with Gasteiger partial charge in [-0.3, -0.25) is 4.79 Å². The largest absolute Gasteiger partial charge is 0.474 e. The molecule has 0 saturated carbocycles. The number of amides is 1. The van der Waals surface area contributed by atoms with Gasteiger partial charge in [-0.2, -0.15) is 10.5 Å². The Morgan fingerprint density at radius 2 is 1.58 bits per heavy atom. The highest BCUT2D eigenvalue weighted by Crippen LogP contribution is 2.39. The van der Waals surface area contributed by atoms with Crippen molar-refractivity contribution in [3.8, 4) is 17.9 Å². The summed E-state index contributed by atoms with van der Waals surface area (Å²) in [4.78, 5) is 12.0. The molecule has 0 bridgehead atoms. The first-order valence-corrected chi connectivity index (χ1v) is 10.7. The van der Waals surface area contributed by atoms with Crippen LogP contribution in [0.5, 0.6) is 5.75 Å². The van der Waals surface area contributed by atoms with Gasteiger partial charge in [-0.25, -0.2) is 0 Å². The van der Waals surface area contributed by atoms with Gasteiger partial charge < -0.3 is 15.2 Å². The summed E-state index contributed by atoms with van der Waals surface area (Å²) in [5.74, 6) is 0.406. The maximum Gasteiger partial charge on any atom is 0.270 e. The van der Waals surface area contributed by atoms with Gasteiger partial charge in [0.25, 0.3) is 5.91 Å². The van der Waals surface area contributed by atoms with Gasteiger partial charge in [0.2, 0.25) is 9.90 Å². The molecule has 1 heterocycles. The monoisotopic (exact) mass is 499 g/mol. The maximum absolute atomic E-state index is 12.0. The minimum absolute atomic E-state index is 0.228. The molecule has 4 rings (SSSR count). The SMILES string of the molecule is N#Cc1cccc(C(O)C(Cl)(Cl)Cl)c1.N#Cc1cccc(C2Oc3ccccc3NC2=O)c1. The van der Waals surface area contributed by atoms with E-state index in [9.17, 15) is 9.90 Å². The smallest absolute Gasteiger partial charge is 0.270 e. The molecule has 1 aliphatic heterocycles. The Bertz CT molecular complexity index is 1250. The van der Waals surface area contributed by atoms with Gasteiger partial charge in [-0.1, -0.05) is 71.2 Å². The number of hydrogen-bond acceptors (Lipinski definition) is 5. The molecule has 2 atom stereocenters. The summed E-state index contributed by atoms with van der Waals surface area (Å²) in [7, 11) is 0. The van der Waals surface area contributed by atoms with Crippen molar-refractivity contribution in [3.63, 3.8) is 0 Å². The fourth-order valence-electron chi connectivity index (χ4n) is 3.01. The second kappa shape index (κ2) is 10.6. The summed E-state index contributed by atoms with van der Waals surface area (Å²) in [6.45, 7) is 0. The van der Waals surface area contributed by atoms with Gasteiger partial charge in [-0.05, 0) is 42.0 Å². The molecule has 33 heavy (non-hydrogen) atoms. The predicted octanol–water partition coefficient (Wildman–Crippen LogP) is 5.59. The van der Waals surface area contributed by atoms with Gasteiger partial charge in [-0.15, -0.1) is 0 Å². The molecular formula is C24H16Cl3N3O3. The van der Waals surface area contributed by atoms with E-state index in [0.717, 1.165) is 0 Å².